The highest BCUT2D eigenvalue weighted by Gasteiger charge is 2.18. The van der Waals surface area contributed by atoms with E-state index in [0.29, 0.717) is 17.1 Å². The van der Waals surface area contributed by atoms with E-state index < -0.39 is 9.84 Å². The lowest BCUT2D eigenvalue weighted by Gasteiger charge is -2.04. The van der Waals surface area contributed by atoms with Crippen LogP contribution < -0.4 is 4.80 Å². The van der Waals surface area contributed by atoms with Crippen molar-refractivity contribution in [1.29, 1.82) is 0 Å². The Balaban J connectivity index is 2.03. The monoisotopic (exact) mass is 376 g/mol. The van der Waals surface area contributed by atoms with E-state index in [9.17, 15) is 13.2 Å². The van der Waals surface area contributed by atoms with Crippen LogP contribution >= 0.6 is 11.3 Å². The fourth-order valence-corrected chi connectivity index (χ4v) is 5.04. The number of hydrogen-bond donors (Lipinski definition) is 0. The van der Waals surface area contributed by atoms with E-state index in [-0.39, 0.29) is 17.3 Å². The maximum atomic E-state index is 12.3. The quantitative estimate of drug-likeness (QED) is 0.771. The van der Waals surface area contributed by atoms with E-state index in [2.05, 4.69) is 10.9 Å². The Morgan fingerprint density at radius 2 is 2.12 bits per heavy atom. The zero-order chi connectivity index (χ0) is 18.0. The van der Waals surface area contributed by atoms with Crippen molar-refractivity contribution in [2.45, 2.75) is 43.5 Å². The second-order valence-electron chi connectivity index (χ2n) is 6.44. The van der Waals surface area contributed by atoms with E-state index in [1.54, 1.807) is 22.8 Å². The minimum Gasteiger partial charge on any atom is -0.305 e. The van der Waals surface area contributed by atoms with Crippen LogP contribution in [0.25, 0.3) is 10.2 Å². The first kappa shape index (κ1) is 17.9. The van der Waals surface area contributed by atoms with Crippen LogP contribution in [0.2, 0.25) is 0 Å². The lowest BCUT2D eigenvalue weighted by atomic mass is 10.0. The average molecular weight is 377 g/mol. The molecule has 1 aliphatic rings. The Bertz CT molecular complexity index is 1020. The molecule has 0 unspecified atom stereocenters. The first-order valence-corrected chi connectivity index (χ1v) is 10.9. The van der Waals surface area contributed by atoms with Gasteiger partial charge in [-0.3, -0.25) is 4.79 Å². The fourth-order valence-electron chi connectivity index (χ4n) is 3.23. The van der Waals surface area contributed by atoms with Crippen LogP contribution in [0, 0.1) is 18.3 Å². The third-order valence-corrected chi connectivity index (χ3v) is 6.64. The SMILES string of the molecule is C#CCn1c(=NC(=O)CC2CCCC2)sc2cc(S(C)(=O)=O)ccc21. The molecular weight excluding hydrogens is 356 g/mol. The number of thiazole rings is 1. The molecule has 7 heteroatoms. The lowest BCUT2D eigenvalue weighted by Crippen LogP contribution is -2.17. The Labute approximate surface area is 151 Å². The maximum Gasteiger partial charge on any atom is 0.248 e. The van der Waals surface area contributed by atoms with Crippen molar-refractivity contribution < 1.29 is 13.2 Å². The number of nitrogens with zero attached hydrogens (tertiary/aromatic N) is 2. The van der Waals surface area contributed by atoms with Crippen molar-refractivity contribution >= 4 is 37.3 Å². The summed E-state index contributed by atoms with van der Waals surface area (Å²) in [6.45, 7) is 0.285. The summed E-state index contributed by atoms with van der Waals surface area (Å²) in [5, 5.41) is 0. The van der Waals surface area contributed by atoms with E-state index in [0.717, 1.165) is 23.1 Å². The van der Waals surface area contributed by atoms with E-state index in [1.165, 1.54) is 30.4 Å². The minimum absolute atomic E-state index is 0.132. The van der Waals surface area contributed by atoms with Crippen LogP contribution in [0.1, 0.15) is 32.1 Å². The van der Waals surface area contributed by atoms with Gasteiger partial charge < -0.3 is 4.57 Å². The first-order chi connectivity index (χ1) is 11.9. The molecule has 132 valence electrons. The van der Waals surface area contributed by atoms with Crippen LogP contribution in [-0.4, -0.2) is 25.1 Å². The molecule has 0 radical (unpaired) electrons. The molecule has 25 heavy (non-hydrogen) atoms. The highest BCUT2D eigenvalue weighted by Crippen LogP contribution is 2.28. The number of hydrogen-bond acceptors (Lipinski definition) is 4. The van der Waals surface area contributed by atoms with Gasteiger partial charge in [0, 0.05) is 12.7 Å². The number of carbonyl (C=O) groups is 1. The molecule has 1 heterocycles. The van der Waals surface area contributed by atoms with Gasteiger partial charge in [-0.15, -0.1) is 6.42 Å². The summed E-state index contributed by atoms with van der Waals surface area (Å²) in [5.41, 5.74) is 0.794. The predicted molar refractivity (Wildman–Crippen MR) is 98.9 cm³/mol. The molecule has 1 aromatic carbocycles. The third-order valence-electron chi connectivity index (χ3n) is 4.49. The van der Waals surface area contributed by atoms with Gasteiger partial charge in [-0.2, -0.15) is 4.99 Å². The molecule has 1 aliphatic carbocycles. The molecule has 0 spiro atoms. The summed E-state index contributed by atoms with van der Waals surface area (Å²) in [6, 6.07) is 4.89. The lowest BCUT2D eigenvalue weighted by molar-refractivity contribution is -0.118. The Hall–Kier alpha value is -1.91. The van der Waals surface area contributed by atoms with Gasteiger partial charge in [0.2, 0.25) is 5.91 Å². The highest BCUT2D eigenvalue weighted by molar-refractivity contribution is 7.90. The van der Waals surface area contributed by atoms with Crippen molar-refractivity contribution in [2.24, 2.45) is 10.9 Å². The number of benzene rings is 1. The van der Waals surface area contributed by atoms with Gasteiger partial charge in [0.05, 0.1) is 21.7 Å². The van der Waals surface area contributed by atoms with Gasteiger partial charge >= 0.3 is 0 Å². The smallest absolute Gasteiger partial charge is 0.248 e. The normalized spacial score (nSPS) is 16.4. The number of amides is 1. The number of fused-ring (bicyclic) bond motifs is 1. The molecule has 1 amide bonds. The van der Waals surface area contributed by atoms with Gasteiger partial charge in [-0.25, -0.2) is 8.42 Å². The van der Waals surface area contributed by atoms with Gasteiger partial charge in [0.15, 0.2) is 14.6 Å². The first-order valence-electron chi connectivity index (χ1n) is 8.23. The molecule has 0 atom stereocenters. The molecule has 2 aromatic rings. The molecular formula is C18H20N2O3S2. The fraction of sp³-hybridized carbons (Fsp3) is 0.444. The zero-order valence-electron chi connectivity index (χ0n) is 14.1. The molecule has 3 rings (SSSR count). The summed E-state index contributed by atoms with van der Waals surface area (Å²) >= 11 is 1.30. The molecule has 1 fully saturated rings. The van der Waals surface area contributed by atoms with Crippen LogP contribution in [0.15, 0.2) is 28.1 Å². The standard InChI is InChI=1S/C18H20N2O3S2/c1-3-10-20-15-9-8-14(25(2,22)23)12-16(15)24-18(20)19-17(21)11-13-6-4-5-7-13/h1,8-9,12-13H,4-7,10-11H2,2H3. The number of carbonyl (C=O) groups excluding carboxylic acids is 1. The second-order valence-corrected chi connectivity index (χ2v) is 9.46. The zero-order valence-corrected chi connectivity index (χ0v) is 15.7. The third kappa shape index (κ3) is 4.02. The summed E-state index contributed by atoms with van der Waals surface area (Å²) in [6.07, 6.45) is 11.7. The second kappa shape index (κ2) is 7.14. The summed E-state index contributed by atoms with van der Waals surface area (Å²) in [7, 11) is -3.29. The highest BCUT2D eigenvalue weighted by atomic mass is 32.2. The van der Waals surface area contributed by atoms with Crippen LogP contribution in [0.5, 0.6) is 0 Å². The van der Waals surface area contributed by atoms with Gasteiger partial charge in [-0.1, -0.05) is 30.1 Å². The van der Waals surface area contributed by atoms with Gasteiger partial charge in [0.25, 0.3) is 0 Å². The maximum absolute atomic E-state index is 12.3. The number of sulfone groups is 1. The van der Waals surface area contributed by atoms with E-state index in [1.807, 2.05) is 0 Å². The molecule has 1 saturated carbocycles. The van der Waals surface area contributed by atoms with Gasteiger partial charge in [-0.05, 0) is 37.0 Å². The van der Waals surface area contributed by atoms with Gasteiger partial charge in [0.1, 0.15) is 0 Å². The molecule has 5 nitrogen and oxygen atoms in total. The summed E-state index contributed by atoms with van der Waals surface area (Å²) < 4.78 is 26.1. The molecule has 0 N–H and O–H groups in total. The topological polar surface area (TPSA) is 68.5 Å². The summed E-state index contributed by atoms with van der Waals surface area (Å²) in [4.78, 5) is 17.4. The van der Waals surface area contributed by atoms with Crippen molar-refractivity contribution in [1.82, 2.24) is 4.57 Å². The van der Waals surface area contributed by atoms with Crippen LogP contribution in [0.3, 0.4) is 0 Å². The van der Waals surface area contributed by atoms with Crippen LogP contribution in [-0.2, 0) is 21.2 Å². The average Bonchev–Trinajstić information content (AvgIpc) is 3.15. The van der Waals surface area contributed by atoms with E-state index >= 15 is 0 Å². The molecule has 0 saturated heterocycles. The van der Waals surface area contributed by atoms with E-state index in [4.69, 9.17) is 6.42 Å². The number of rotatable bonds is 4. The Kier molecular flexibility index (Phi) is 5.11. The molecule has 0 aliphatic heterocycles. The number of aromatic nitrogens is 1. The predicted octanol–water partition coefficient (Wildman–Crippen LogP) is 2.75. The molecule has 0 bridgehead atoms. The minimum atomic E-state index is -3.29. The largest absolute Gasteiger partial charge is 0.305 e. The van der Waals surface area contributed by atoms with Crippen molar-refractivity contribution in [2.75, 3.05) is 6.26 Å². The molecule has 1 aromatic heterocycles. The van der Waals surface area contributed by atoms with Crippen molar-refractivity contribution in [3.8, 4) is 12.3 Å². The van der Waals surface area contributed by atoms with Crippen molar-refractivity contribution in [3.05, 3.63) is 23.0 Å². The number of terminal acetylenes is 1. The Morgan fingerprint density at radius 1 is 1.40 bits per heavy atom. The summed E-state index contributed by atoms with van der Waals surface area (Å²) in [5.74, 6) is 2.88. The van der Waals surface area contributed by atoms with Crippen LogP contribution in [0.4, 0.5) is 0 Å². The van der Waals surface area contributed by atoms with Crippen molar-refractivity contribution in [3.63, 3.8) is 0 Å². The Morgan fingerprint density at radius 3 is 2.76 bits per heavy atom.